The minimum atomic E-state index is -3.41. The second-order valence-electron chi connectivity index (χ2n) is 7.37. The molecule has 1 aromatic rings. The standard InChI is InChI=1S/C19H30N2O3S/c1-16(2)24-18-8-10-19(11-9-18)25(22,23)21-14-12-20(13-15-21)17-6-4-3-5-7-17/h8-11,16-17H,3-7,12-15H2,1-2H3. The van der Waals surface area contributed by atoms with Crippen LogP contribution in [-0.2, 0) is 10.0 Å². The lowest BCUT2D eigenvalue weighted by molar-refractivity contribution is 0.111. The lowest BCUT2D eigenvalue weighted by atomic mass is 9.94. The minimum absolute atomic E-state index is 0.0790. The highest BCUT2D eigenvalue weighted by molar-refractivity contribution is 7.89. The Morgan fingerprint density at radius 3 is 2.12 bits per heavy atom. The Balaban J connectivity index is 1.61. The van der Waals surface area contributed by atoms with Gasteiger partial charge in [-0.05, 0) is 51.0 Å². The van der Waals surface area contributed by atoms with E-state index in [1.54, 1.807) is 28.6 Å². The number of hydrogen-bond donors (Lipinski definition) is 0. The van der Waals surface area contributed by atoms with Crippen LogP contribution in [0.3, 0.4) is 0 Å². The van der Waals surface area contributed by atoms with Crippen LogP contribution in [0.1, 0.15) is 46.0 Å². The number of sulfonamides is 1. The zero-order valence-corrected chi connectivity index (χ0v) is 16.2. The summed E-state index contributed by atoms with van der Waals surface area (Å²) in [5, 5.41) is 0. The predicted octanol–water partition coefficient (Wildman–Crippen LogP) is 3.11. The van der Waals surface area contributed by atoms with Crippen molar-refractivity contribution in [1.29, 1.82) is 0 Å². The van der Waals surface area contributed by atoms with Crippen molar-refractivity contribution in [1.82, 2.24) is 9.21 Å². The summed E-state index contributed by atoms with van der Waals surface area (Å²) in [6.07, 6.45) is 6.59. The lowest BCUT2D eigenvalue weighted by Gasteiger charge is -2.40. The third kappa shape index (κ3) is 4.54. The second-order valence-corrected chi connectivity index (χ2v) is 9.31. The quantitative estimate of drug-likeness (QED) is 0.803. The van der Waals surface area contributed by atoms with Crippen molar-refractivity contribution in [2.45, 2.75) is 63.0 Å². The third-order valence-corrected chi connectivity index (χ3v) is 7.11. The maximum Gasteiger partial charge on any atom is 0.243 e. The fraction of sp³-hybridized carbons (Fsp3) is 0.684. The molecule has 1 aliphatic heterocycles. The molecule has 0 aromatic heterocycles. The summed E-state index contributed by atoms with van der Waals surface area (Å²) in [7, 11) is -3.41. The molecular weight excluding hydrogens is 336 g/mol. The smallest absolute Gasteiger partial charge is 0.243 e. The maximum atomic E-state index is 12.9. The largest absolute Gasteiger partial charge is 0.491 e. The van der Waals surface area contributed by atoms with Crippen LogP contribution >= 0.6 is 0 Å². The summed E-state index contributed by atoms with van der Waals surface area (Å²) in [6, 6.07) is 7.45. The average Bonchev–Trinajstić information content (AvgIpc) is 2.62. The van der Waals surface area contributed by atoms with E-state index < -0.39 is 10.0 Å². The van der Waals surface area contributed by atoms with E-state index in [2.05, 4.69) is 4.90 Å². The van der Waals surface area contributed by atoms with Crippen LogP contribution in [0.25, 0.3) is 0 Å². The van der Waals surface area contributed by atoms with Crippen molar-refractivity contribution in [2.75, 3.05) is 26.2 Å². The van der Waals surface area contributed by atoms with Crippen LogP contribution in [0.5, 0.6) is 5.75 Å². The van der Waals surface area contributed by atoms with Gasteiger partial charge in [0.25, 0.3) is 0 Å². The summed E-state index contributed by atoms with van der Waals surface area (Å²) in [6.45, 7) is 6.77. The molecule has 0 spiro atoms. The molecule has 0 N–H and O–H groups in total. The first-order chi connectivity index (χ1) is 12.0. The van der Waals surface area contributed by atoms with E-state index >= 15 is 0 Å². The highest BCUT2D eigenvalue weighted by Crippen LogP contribution is 2.26. The van der Waals surface area contributed by atoms with Crippen LogP contribution in [0.2, 0.25) is 0 Å². The van der Waals surface area contributed by atoms with Gasteiger partial charge >= 0.3 is 0 Å². The van der Waals surface area contributed by atoms with Crippen LogP contribution < -0.4 is 4.74 Å². The Morgan fingerprint density at radius 1 is 0.960 bits per heavy atom. The van der Waals surface area contributed by atoms with E-state index in [9.17, 15) is 8.42 Å². The molecule has 1 saturated heterocycles. The van der Waals surface area contributed by atoms with Gasteiger partial charge in [0.1, 0.15) is 5.75 Å². The highest BCUT2D eigenvalue weighted by Gasteiger charge is 2.31. The molecule has 1 aromatic carbocycles. The van der Waals surface area contributed by atoms with Gasteiger partial charge in [0.2, 0.25) is 10.0 Å². The molecule has 0 amide bonds. The molecule has 0 atom stereocenters. The molecular formula is C19H30N2O3S. The fourth-order valence-corrected chi connectivity index (χ4v) is 5.29. The molecule has 3 rings (SSSR count). The average molecular weight is 367 g/mol. The lowest BCUT2D eigenvalue weighted by Crippen LogP contribution is -2.52. The molecule has 6 heteroatoms. The van der Waals surface area contributed by atoms with Gasteiger partial charge in [-0.3, -0.25) is 4.90 Å². The molecule has 5 nitrogen and oxygen atoms in total. The van der Waals surface area contributed by atoms with Gasteiger partial charge in [0, 0.05) is 32.2 Å². The number of hydrogen-bond acceptors (Lipinski definition) is 4. The zero-order valence-electron chi connectivity index (χ0n) is 15.4. The Labute approximate surface area is 152 Å². The Hall–Kier alpha value is -1.11. The molecule has 1 aliphatic carbocycles. The molecule has 2 aliphatic rings. The number of nitrogens with zero attached hydrogens (tertiary/aromatic N) is 2. The van der Waals surface area contributed by atoms with Crippen LogP contribution in [0, 0.1) is 0 Å². The van der Waals surface area contributed by atoms with Gasteiger partial charge in [-0.25, -0.2) is 8.42 Å². The molecule has 25 heavy (non-hydrogen) atoms. The number of piperazine rings is 1. The van der Waals surface area contributed by atoms with Crippen molar-refractivity contribution < 1.29 is 13.2 Å². The normalized spacial score (nSPS) is 21.6. The van der Waals surface area contributed by atoms with Crippen molar-refractivity contribution in [3.05, 3.63) is 24.3 Å². The monoisotopic (exact) mass is 366 g/mol. The second kappa shape index (κ2) is 8.06. The molecule has 2 fully saturated rings. The van der Waals surface area contributed by atoms with E-state index in [0.717, 1.165) is 13.1 Å². The number of benzene rings is 1. The maximum absolute atomic E-state index is 12.9. The summed E-state index contributed by atoms with van der Waals surface area (Å²) in [4.78, 5) is 2.85. The van der Waals surface area contributed by atoms with Gasteiger partial charge in [-0.2, -0.15) is 4.31 Å². The van der Waals surface area contributed by atoms with Gasteiger partial charge in [-0.1, -0.05) is 19.3 Å². The predicted molar refractivity (Wildman–Crippen MR) is 99.4 cm³/mol. The van der Waals surface area contributed by atoms with Crippen molar-refractivity contribution in [3.8, 4) is 5.75 Å². The van der Waals surface area contributed by atoms with E-state index in [4.69, 9.17) is 4.74 Å². The van der Waals surface area contributed by atoms with E-state index in [-0.39, 0.29) is 6.10 Å². The topological polar surface area (TPSA) is 49.9 Å². The van der Waals surface area contributed by atoms with E-state index in [1.807, 2.05) is 13.8 Å². The van der Waals surface area contributed by atoms with Crippen LogP contribution in [0.4, 0.5) is 0 Å². The Kier molecular flexibility index (Phi) is 6.02. The summed E-state index contributed by atoms with van der Waals surface area (Å²) in [5.74, 6) is 0.705. The summed E-state index contributed by atoms with van der Waals surface area (Å²) >= 11 is 0. The molecule has 140 valence electrons. The van der Waals surface area contributed by atoms with Gasteiger partial charge < -0.3 is 4.74 Å². The summed E-state index contributed by atoms with van der Waals surface area (Å²) < 4.78 is 33.0. The Morgan fingerprint density at radius 2 is 1.56 bits per heavy atom. The molecule has 0 bridgehead atoms. The number of ether oxygens (including phenoxy) is 1. The van der Waals surface area contributed by atoms with E-state index in [1.165, 1.54) is 32.1 Å². The molecule has 1 heterocycles. The van der Waals surface area contributed by atoms with Crippen LogP contribution in [0.15, 0.2) is 29.2 Å². The first kappa shape index (κ1) is 18.7. The molecule has 1 saturated carbocycles. The van der Waals surface area contributed by atoms with Crippen molar-refractivity contribution in [3.63, 3.8) is 0 Å². The highest BCUT2D eigenvalue weighted by atomic mass is 32.2. The van der Waals surface area contributed by atoms with Gasteiger partial charge in [0.15, 0.2) is 0 Å². The van der Waals surface area contributed by atoms with Gasteiger partial charge in [0.05, 0.1) is 11.0 Å². The third-order valence-electron chi connectivity index (χ3n) is 5.20. The summed E-state index contributed by atoms with van der Waals surface area (Å²) in [5.41, 5.74) is 0. The zero-order chi connectivity index (χ0) is 17.9. The first-order valence-corrected chi connectivity index (χ1v) is 10.9. The Bertz CT molecular complexity index is 644. The van der Waals surface area contributed by atoms with E-state index in [0.29, 0.717) is 29.8 Å². The number of rotatable bonds is 5. The first-order valence-electron chi connectivity index (χ1n) is 9.48. The van der Waals surface area contributed by atoms with Crippen LogP contribution in [-0.4, -0.2) is 55.9 Å². The minimum Gasteiger partial charge on any atom is -0.491 e. The molecule has 0 radical (unpaired) electrons. The SMILES string of the molecule is CC(C)Oc1ccc(S(=O)(=O)N2CCN(C3CCCCC3)CC2)cc1. The van der Waals surface area contributed by atoms with Crippen molar-refractivity contribution in [2.24, 2.45) is 0 Å². The fourth-order valence-electron chi connectivity index (χ4n) is 3.87. The van der Waals surface area contributed by atoms with Gasteiger partial charge in [-0.15, -0.1) is 0 Å². The molecule has 0 unspecified atom stereocenters. The van der Waals surface area contributed by atoms with Crippen molar-refractivity contribution >= 4 is 10.0 Å².